The summed E-state index contributed by atoms with van der Waals surface area (Å²) in [5.74, 6) is 0.0613. The zero-order valence-corrected chi connectivity index (χ0v) is 19.9. The summed E-state index contributed by atoms with van der Waals surface area (Å²) in [6.07, 6.45) is 4.49. The second-order valence-electron chi connectivity index (χ2n) is 9.37. The van der Waals surface area contributed by atoms with Gasteiger partial charge in [0, 0.05) is 56.2 Å². The monoisotopic (exact) mass is 464 g/mol. The largest absolute Gasteiger partial charge is 0.370 e. The van der Waals surface area contributed by atoms with Gasteiger partial charge in [-0.3, -0.25) is 19.4 Å². The van der Waals surface area contributed by atoms with Gasteiger partial charge in [-0.25, -0.2) is 0 Å². The lowest BCUT2D eigenvalue weighted by Crippen LogP contribution is -2.40. The quantitative estimate of drug-likeness (QED) is 0.629. The van der Waals surface area contributed by atoms with E-state index in [0.717, 1.165) is 17.7 Å². The average Bonchev–Trinajstić information content (AvgIpc) is 3.20. The molecule has 34 heavy (non-hydrogen) atoms. The normalized spacial score (nSPS) is 19.1. The van der Waals surface area contributed by atoms with E-state index in [9.17, 15) is 14.4 Å². The highest BCUT2D eigenvalue weighted by Gasteiger charge is 2.32. The van der Waals surface area contributed by atoms with Gasteiger partial charge < -0.3 is 19.4 Å². The topological polar surface area (TPSA) is 83.1 Å². The molecule has 0 unspecified atom stereocenters. The van der Waals surface area contributed by atoms with E-state index in [0.29, 0.717) is 50.7 Å². The van der Waals surface area contributed by atoms with Gasteiger partial charge in [0.25, 0.3) is 5.91 Å². The van der Waals surface area contributed by atoms with E-state index in [1.807, 2.05) is 18.2 Å². The average molecular weight is 465 g/mol. The van der Waals surface area contributed by atoms with E-state index in [-0.39, 0.29) is 30.4 Å². The van der Waals surface area contributed by atoms with Crippen molar-refractivity contribution in [2.75, 3.05) is 37.6 Å². The zero-order valence-electron chi connectivity index (χ0n) is 19.9. The van der Waals surface area contributed by atoms with Crippen LogP contribution in [-0.4, -0.2) is 71.3 Å². The highest BCUT2D eigenvalue weighted by atomic mass is 16.5. The van der Waals surface area contributed by atoms with E-state index < -0.39 is 0 Å². The smallest absolute Gasteiger partial charge is 0.254 e. The molecule has 0 bridgehead atoms. The molecule has 3 amide bonds. The Morgan fingerprint density at radius 2 is 2.00 bits per heavy atom. The molecule has 0 saturated carbocycles. The fourth-order valence-corrected chi connectivity index (χ4v) is 4.46. The Kier molecular flexibility index (Phi) is 7.57. The summed E-state index contributed by atoms with van der Waals surface area (Å²) in [6.45, 7) is 6.51. The first-order valence-corrected chi connectivity index (χ1v) is 11.9. The molecule has 3 heterocycles. The van der Waals surface area contributed by atoms with Crippen molar-refractivity contribution in [3.63, 3.8) is 0 Å². The number of carbonyl (C=O) groups excluding carboxylic acids is 3. The number of amides is 3. The number of hydrogen-bond acceptors (Lipinski definition) is 5. The lowest BCUT2D eigenvalue weighted by Gasteiger charge is -2.26. The maximum atomic E-state index is 13.5. The van der Waals surface area contributed by atoms with Gasteiger partial charge in [0.2, 0.25) is 11.8 Å². The van der Waals surface area contributed by atoms with Crippen molar-refractivity contribution in [2.45, 2.75) is 39.4 Å². The van der Waals surface area contributed by atoms with E-state index in [2.05, 4.69) is 18.8 Å². The van der Waals surface area contributed by atoms with E-state index in [4.69, 9.17) is 4.74 Å². The highest BCUT2D eigenvalue weighted by Crippen LogP contribution is 2.23. The molecule has 2 fully saturated rings. The van der Waals surface area contributed by atoms with Crippen molar-refractivity contribution < 1.29 is 19.1 Å². The summed E-state index contributed by atoms with van der Waals surface area (Å²) in [5.41, 5.74) is 2.13. The first kappa shape index (κ1) is 23.9. The van der Waals surface area contributed by atoms with Crippen LogP contribution in [0.4, 0.5) is 5.69 Å². The summed E-state index contributed by atoms with van der Waals surface area (Å²) < 4.78 is 6.16. The number of aromatic nitrogens is 1. The molecule has 2 aliphatic rings. The van der Waals surface area contributed by atoms with Gasteiger partial charge in [-0.1, -0.05) is 26.0 Å². The number of ether oxygens (including phenoxy) is 1. The summed E-state index contributed by atoms with van der Waals surface area (Å²) in [4.78, 5) is 47.9. The Bertz CT molecular complexity index is 1030. The van der Waals surface area contributed by atoms with Gasteiger partial charge in [-0.15, -0.1) is 0 Å². The Balaban J connectivity index is 1.52. The molecule has 0 spiro atoms. The molecule has 1 aromatic carbocycles. The molecule has 4 rings (SSSR count). The molecule has 0 aliphatic carbocycles. The van der Waals surface area contributed by atoms with Crippen LogP contribution in [0.25, 0.3) is 0 Å². The second kappa shape index (κ2) is 10.8. The highest BCUT2D eigenvalue weighted by molar-refractivity contribution is 6.00. The number of benzene rings is 1. The maximum absolute atomic E-state index is 13.5. The third kappa shape index (κ3) is 5.80. The van der Waals surface area contributed by atoms with E-state index in [1.54, 1.807) is 45.3 Å². The third-order valence-corrected chi connectivity index (χ3v) is 6.09. The van der Waals surface area contributed by atoms with Crippen molar-refractivity contribution in [1.82, 2.24) is 14.8 Å². The maximum Gasteiger partial charge on any atom is 0.254 e. The molecule has 1 aromatic heterocycles. The molecule has 2 aromatic rings. The van der Waals surface area contributed by atoms with Gasteiger partial charge >= 0.3 is 0 Å². The predicted octanol–water partition coefficient (Wildman–Crippen LogP) is 2.73. The number of nitrogens with zero attached hydrogens (tertiary/aromatic N) is 4. The van der Waals surface area contributed by atoms with Crippen molar-refractivity contribution in [1.29, 1.82) is 0 Å². The van der Waals surface area contributed by atoms with Gasteiger partial charge in [0.05, 0.1) is 12.7 Å². The third-order valence-electron chi connectivity index (χ3n) is 6.09. The summed E-state index contributed by atoms with van der Waals surface area (Å²) in [5, 5.41) is 0. The van der Waals surface area contributed by atoms with Crippen LogP contribution in [0.1, 0.15) is 42.6 Å². The molecular formula is C26H32N4O4. The number of carbonyl (C=O) groups is 3. The second-order valence-corrected chi connectivity index (χ2v) is 9.37. The van der Waals surface area contributed by atoms with Crippen molar-refractivity contribution in [3.05, 3.63) is 59.9 Å². The van der Waals surface area contributed by atoms with Gasteiger partial charge in [-0.05, 0) is 42.2 Å². The van der Waals surface area contributed by atoms with Gasteiger partial charge in [-0.2, -0.15) is 0 Å². The number of anilines is 1. The van der Waals surface area contributed by atoms with Crippen LogP contribution in [-0.2, 0) is 20.9 Å². The standard InChI is InChI=1S/C26H32N4O4/c1-19(2)14-28-15-23(34-18-20-6-4-10-27-13-20)16-29(17-25(28)32)26(33)21-7-3-8-22(12-21)30-11-5-9-24(30)31/h3-4,6-8,10,12-13,19,23H,5,9,11,14-18H2,1-2H3/t23-/m0/s1. The van der Waals surface area contributed by atoms with Crippen LogP contribution in [0.15, 0.2) is 48.8 Å². The minimum absolute atomic E-state index is 0.00514. The minimum Gasteiger partial charge on any atom is -0.370 e. The van der Waals surface area contributed by atoms with Crippen LogP contribution >= 0.6 is 0 Å². The lowest BCUT2D eigenvalue weighted by molar-refractivity contribution is -0.132. The van der Waals surface area contributed by atoms with E-state index in [1.165, 1.54) is 0 Å². The summed E-state index contributed by atoms with van der Waals surface area (Å²) in [7, 11) is 0. The molecule has 2 saturated heterocycles. The Morgan fingerprint density at radius 3 is 2.71 bits per heavy atom. The Hall–Kier alpha value is -3.26. The molecule has 8 nitrogen and oxygen atoms in total. The van der Waals surface area contributed by atoms with Crippen molar-refractivity contribution in [2.24, 2.45) is 5.92 Å². The van der Waals surface area contributed by atoms with E-state index >= 15 is 0 Å². The van der Waals surface area contributed by atoms with Crippen molar-refractivity contribution >= 4 is 23.4 Å². The number of rotatable bonds is 7. The van der Waals surface area contributed by atoms with Gasteiger partial charge in [0.15, 0.2) is 0 Å². The summed E-state index contributed by atoms with van der Waals surface area (Å²) in [6, 6.07) is 10.9. The van der Waals surface area contributed by atoms with Crippen LogP contribution in [0, 0.1) is 5.92 Å². The zero-order chi connectivity index (χ0) is 24.1. The molecule has 1 atom stereocenters. The Labute approximate surface area is 200 Å². The molecule has 2 aliphatic heterocycles. The van der Waals surface area contributed by atoms with Crippen LogP contribution < -0.4 is 4.90 Å². The molecule has 0 N–H and O–H groups in total. The van der Waals surface area contributed by atoms with Crippen LogP contribution in [0.5, 0.6) is 0 Å². The molecule has 180 valence electrons. The van der Waals surface area contributed by atoms with Crippen LogP contribution in [0.3, 0.4) is 0 Å². The number of pyridine rings is 1. The Morgan fingerprint density at radius 1 is 1.15 bits per heavy atom. The SMILES string of the molecule is CC(C)CN1C[C@H](OCc2cccnc2)CN(C(=O)c2cccc(N3CCCC3=O)c2)CC1=O. The first-order chi connectivity index (χ1) is 16.4. The number of hydrogen-bond donors (Lipinski definition) is 0. The fraction of sp³-hybridized carbons (Fsp3) is 0.462. The minimum atomic E-state index is -0.322. The van der Waals surface area contributed by atoms with Crippen LogP contribution in [0.2, 0.25) is 0 Å². The summed E-state index contributed by atoms with van der Waals surface area (Å²) >= 11 is 0. The predicted molar refractivity (Wildman–Crippen MR) is 128 cm³/mol. The fourth-order valence-electron chi connectivity index (χ4n) is 4.46. The molecule has 8 heteroatoms. The molecule has 0 radical (unpaired) electrons. The van der Waals surface area contributed by atoms with Crippen molar-refractivity contribution in [3.8, 4) is 0 Å². The van der Waals surface area contributed by atoms with Gasteiger partial charge in [0.1, 0.15) is 6.54 Å². The lowest BCUT2D eigenvalue weighted by atomic mass is 10.1. The molecular weight excluding hydrogens is 432 g/mol. The first-order valence-electron chi connectivity index (χ1n) is 11.9.